The van der Waals surface area contributed by atoms with Crippen LogP contribution in [0.25, 0.3) is 0 Å². The molecule has 0 saturated carbocycles. The van der Waals surface area contributed by atoms with Crippen LogP contribution < -0.4 is 16.0 Å². The number of likely N-dealkylation sites (tertiary alicyclic amines) is 1. The fourth-order valence-corrected chi connectivity index (χ4v) is 2.98. The summed E-state index contributed by atoms with van der Waals surface area (Å²) in [5.74, 6) is -1.10. The third kappa shape index (κ3) is 8.10. The zero-order valence-electron chi connectivity index (χ0n) is 17.5. The second-order valence-electron chi connectivity index (χ2n) is 7.65. The largest absolute Gasteiger partial charge is 0.455 e. The third-order valence-corrected chi connectivity index (χ3v) is 4.75. The van der Waals surface area contributed by atoms with E-state index in [2.05, 4.69) is 16.0 Å². The lowest BCUT2D eigenvalue weighted by atomic mass is 9.97. The van der Waals surface area contributed by atoms with E-state index in [9.17, 15) is 19.2 Å². The zero-order chi connectivity index (χ0) is 21.9. The Balaban J connectivity index is 1.64. The molecule has 0 unspecified atom stereocenters. The van der Waals surface area contributed by atoms with Gasteiger partial charge in [-0.2, -0.15) is 0 Å². The molecule has 9 nitrogen and oxygen atoms in total. The number of urea groups is 2. The molecular formula is C21H30N4O5. The van der Waals surface area contributed by atoms with Gasteiger partial charge < -0.3 is 20.3 Å². The number of piperidine rings is 1. The molecule has 3 N–H and O–H groups in total. The van der Waals surface area contributed by atoms with Crippen LogP contribution in [0.1, 0.15) is 33.1 Å². The third-order valence-electron chi connectivity index (χ3n) is 4.75. The number of imide groups is 1. The predicted molar refractivity (Wildman–Crippen MR) is 112 cm³/mol. The number of hydrogen-bond donors (Lipinski definition) is 3. The van der Waals surface area contributed by atoms with Crippen molar-refractivity contribution in [2.75, 3.05) is 31.6 Å². The van der Waals surface area contributed by atoms with E-state index in [0.717, 1.165) is 6.42 Å². The van der Waals surface area contributed by atoms with Crippen LogP contribution in [0.4, 0.5) is 15.3 Å². The molecule has 1 heterocycles. The first kappa shape index (κ1) is 23.2. The van der Waals surface area contributed by atoms with Crippen molar-refractivity contribution in [2.24, 2.45) is 11.8 Å². The number of carbonyl (C=O) groups is 4. The average Bonchev–Trinajstić information content (AvgIpc) is 2.72. The molecule has 1 aliphatic heterocycles. The van der Waals surface area contributed by atoms with Gasteiger partial charge in [-0.05, 0) is 37.3 Å². The molecule has 0 aromatic heterocycles. The Morgan fingerprint density at radius 2 is 1.77 bits per heavy atom. The lowest BCUT2D eigenvalue weighted by molar-refractivity contribution is -0.153. The number of amides is 5. The monoisotopic (exact) mass is 418 g/mol. The van der Waals surface area contributed by atoms with Crippen LogP contribution >= 0.6 is 0 Å². The Morgan fingerprint density at radius 1 is 1.10 bits per heavy atom. The summed E-state index contributed by atoms with van der Waals surface area (Å²) in [6.07, 6.45) is 1.72. The second kappa shape index (κ2) is 11.8. The molecule has 0 bridgehead atoms. The van der Waals surface area contributed by atoms with Crippen molar-refractivity contribution in [1.82, 2.24) is 15.5 Å². The summed E-state index contributed by atoms with van der Waals surface area (Å²) in [6, 6.07) is 8.33. The molecule has 2 rings (SSSR count). The average molecular weight is 418 g/mol. The van der Waals surface area contributed by atoms with Gasteiger partial charge in [0, 0.05) is 25.3 Å². The highest BCUT2D eigenvalue weighted by Gasteiger charge is 2.29. The molecule has 5 amide bonds. The minimum absolute atomic E-state index is 0.212. The molecule has 0 radical (unpaired) electrons. The van der Waals surface area contributed by atoms with Gasteiger partial charge in [0.05, 0.1) is 5.92 Å². The zero-order valence-corrected chi connectivity index (χ0v) is 17.5. The minimum atomic E-state index is -0.676. The van der Waals surface area contributed by atoms with Crippen molar-refractivity contribution in [3.05, 3.63) is 30.3 Å². The lowest BCUT2D eigenvalue weighted by Gasteiger charge is -2.30. The number of hydrogen-bond acceptors (Lipinski definition) is 5. The maximum Gasteiger partial charge on any atom is 0.321 e. The van der Waals surface area contributed by atoms with Crippen molar-refractivity contribution in [3.63, 3.8) is 0 Å². The molecule has 0 aliphatic carbocycles. The van der Waals surface area contributed by atoms with E-state index >= 15 is 0 Å². The van der Waals surface area contributed by atoms with Crippen molar-refractivity contribution in [2.45, 2.75) is 33.1 Å². The molecule has 1 aromatic carbocycles. The van der Waals surface area contributed by atoms with Crippen molar-refractivity contribution in [1.29, 1.82) is 0 Å². The van der Waals surface area contributed by atoms with Crippen molar-refractivity contribution < 1.29 is 23.9 Å². The van der Waals surface area contributed by atoms with Crippen LogP contribution in [0.5, 0.6) is 0 Å². The SMILES string of the molecule is CC(C)CCNC(=O)NC(=O)COC(=O)C1CCN(C(=O)Nc2ccccc2)CC1. The number of esters is 1. The number of nitrogens with zero attached hydrogens (tertiary/aromatic N) is 1. The molecule has 0 atom stereocenters. The van der Waals surface area contributed by atoms with Gasteiger partial charge >= 0.3 is 18.0 Å². The molecule has 1 fully saturated rings. The van der Waals surface area contributed by atoms with E-state index in [1.807, 2.05) is 32.0 Å². The van der Waals surface area contributed by atoms with Gasteiger partial charge in [0.2, 0.25) is 0 Å². The number of nitrogens with one attached hydrogen (secondary N) is 3. The van der Waals surface area contributed by atoms with Gasteiger partial charge in [-0.15, -0.1) is 0 Å². The summed E-state index contributed by atoms with van der Waals surface area (Å²) in [4.78, 5) is 49.4. The number of rotatable bonds is 7. The van der Waals surface area contributed by atoms with Crippen LogP contribution in [0, 0.1) is 11.8 Å². The highest BCUT2D eigenvalue weighted by molar-refractivity contribution is 5.95. The lowest BCUT2D eigenvalue weighted by Crippen LogP contribution is -2.44. The van der Waals surface area contributed by atoms with Crippen LogP contribution in [0.2, 0.25) is 0 Å². The Hall–Kier alpha value is -3.10. The smallest absolute Gasteiger partial charge is 0.321 e. The van der Waals surface area contributed by atoms with Crippen LogP contribution in [0.15, 0.2) is 30.3 Å². The summed E-state index contributed by atoms with van der Waals surface area (Å²) in [5, 5.41) is 7.52. The van der Waals surface area contributed by atoms with E-state index < -0.39 is 24.5 Å². The standard InChI is InChI=1S/C21H30N4O5/c1-15(2)8-11-22-20(28)24-18(26)14-30-19(27)16-9-12-25(13-10-16)21(29)23-17-6-4-3-5-7-17/h3-7,15-16H,8-14H2,1-2H3,(H,23,29)(H2,22,24,26,28). The van der Waals surface area contributed by atoms with Gasteiger partial charge in [0.1, 0.15) is 0 Å². The topological polar surface area (TPSA) is 117 Å². The highest BCUT2D eigenvalue weighted by atomic mass is 16.5. The number of ether oxygens (including phenoxy) is 1. The van der Waals surface area contributed by atoms with Crippen molar-refractivity contribution in [3.8, 4) is 0 Å². The first-order valence-electron chi connectivity index (χ1n) is 10.2. The summed E-state index contributed by atoms with van der Waals surface area (Å²) in [7, 11) is 0. The van der Waals surface area contributed by atoms with E-state index in [4.69, 9.17) is 4.74 Å². The van der Waals surface area contributed by atoms with Crippen LogP contribution in [-0.2, 0) is 14.3 Å². The van der Waals surface area contributed by atoms with E-state index in [-0.39, 0.29) is 11.9 Å². The first-order chi connectivity index (χ1) is 14.3. The Bertz CT molecular complexity index is 730. The Labute approximate surface area is 176 Å². The summed E-state index contributed by atoms with van der Waals surface area (Å²) < 4.78 is 5.03. The number of para-hydroxylation sites is 1. The molecule has 1 aliphatic rings. The van der Waals surface area contributed by atoms with E-state index in [0.29, 0.717) is 44.1 Å². The van der Waals surface area contributed by atoms with Crippen LogP contribution in [0.3, 0.4) is 0 Å². The van der Waals surface area contributed by atoms with Crippen molar-refractivity contribution >= 4 is 29.6 Å². The molecule has 30 heavy (non-hydrogen) atoms. The van der Waals surface area contributed by atoms with E-state index in [1.54, 1.807) is 17.0 Å². The van der Waals surface area contributed by atoms with Gasteiger partial charge in [0.15, 0.2) is 6.61 Å². The number of anilines is 1. The fraction of sp³-hybridized carbons (Fsp3) is 0.524. The van der Waals surface area contributed by atoms with Gasteiger partial charge in [0.25, 0.3) is 5.91 Å². The fourth-order valence-electron chi connectivity index (χ4n) is 2.98. The number of benzene rings is 1. The van der Waals surface area contributed by atoms with Gasteiger partial charge in [-0.25, -0.2) is 9.59 Å². The number of carbonyl (C=O) groups excluding carboxylic acids is 4. The van der Waals surface area contributed by atoms with Crippen LogP contribution in [-0.4, -0.2) is 55.1 Å². The molecule has 164 valence electrons. The molecule has 1 saturated heterocycles. The minimum Gasteiger partial charge on any atom is -0.455 e. The molecule has 0 spiro atoms. The maximum atomic E-state index is 12.3. The first-order valence-corrected chi connectivity index (χ1v) is 10.2. The normalized spacial score (nSPS) is 14.2. The molecule has 1 aromatic rings. The maximum absolute atomic E-state index is 12.3. The summed E-state index contributed by atoms with van der Waals surface area (Å²) >= 11 is 0. The second-order valence-corrected chi connectivity index (χ2v) is 7.65. The summed E-state index contributed by atoms with van der Waals surface area (Å²) in [5.41, 5.74) is 0.711. The predicted octanol–water partition coefficient (Wildman–Crippen LogP) is 2.35. The quantitative estimate of drug-likeness (QED) is 0.588. The van der Waals surface area contributed by atoms with Gasteiger partial charge in [-0.1, -0.05) is 32.0 Å². The summed E-state index contributed by atoms with van der Waals surface area (Å²) in [6.45, 7) is 4.86. The van der Waals surface area contributed by atoms with Gasteiger partial charge in [-0.3, -0.25) is 14.9 Å². The highest BCUT2D eigenvalue weighted by Crippen LogP contribution is 2.19. The Morgan fingerprint density at radius 3 is 2.40 bits per heavy atom. The molecule has 9 heteroatoms. The molecular weight excluding hydrogens is 388 g/mol. The Kier molecular flexibility index (Phi) is 9.11. The van der Waals surface area contributed by atoms with E-state index in [1.165, 1.54) is 0 Å².